The lowest BCUT2D eigenvalue weighted by atomic mass is 9.87. The molecule has 0 saturated carbocycles. The van der Waals surface area contributed by atoms with Crippen LogP contribution in [0.1, 0.15) is 26.7 Å². The second-order valence-electron chi connectivity index (χ2n) is 5.34. The smallest absolute Gasteiger partial charge is 0.237 e. The Kier molecular flexibility index (Phi) is 4.58. The molecule has 0 aliphatic carbocycles. The van der Waals surface area contributed by atoms with Crippen LogP contribution in [0.25, 0.3) is 0 Å². The summed E-state index contributed by atoms with van der Waals surface area (Å²) < 4.78 is 14.6. The number of piperidine rings is 1. The number of halogens is 2. The average molecular weight is 342 g/mol. The summed E-state index contributed by atoms with van der Waals surface area (Å²) in [7, 11) is 0. The summed E-state index contributed by atoms with van der Waals surface area (Å²) in [6, 6.07) is 4.49. The highest BCUT2D eigenvalue weighted by Crippen LogP contribution is 2.30. The third-order valence-corrected chi connectivity index (χ3v) is 4.04. The van der Waals surface area contributed by atoms with Gasteiger partial charge in [-0.15, -0.1) is 0 Å². The number of anilines is 1. The molecule has 3 nitrogen and oxygen atoms in total. The topological polar surface area (TPSA) is 37.4 Å². The SMILES string of the molecule is CC(C)C(=O)C1CCCN(c2cc(Br)ccc2F)C1=O. The van der Waals surface area contributed by atoms with Crippen molar-refractivity contribution < 1.29 is 14.0 Å². The average Bonchev–Trinajstić information content (AvgIpc) is 2.41. The molecule has 1 aromatic carbocycles. The van der Waals surface area contributed by atoms with Crippen molar-refractivity contribution in [2.75, 3.05) is 11.4 Å². The first kappa shape index (κ1) is 15.2. The maximum Gasteiger partial charge on any atom is 0.237 e. The zero-order chi connectivity index (χ0) is 14.9. The minimum atomic E-state index is -0.637. The first-order valence-electron chi connectivity index (χ1n) is 6.72. The van der Waals surface area contributed by atoms with E-state index < -0.39 is 11.7 Å². The Balaban J connectivity index is 2.31. The molecule has 2 rings (SSSR count). The van der Waals surface area contributed by atoms with E-state index >= 15 is 0 Å². The van der Waals surface area contributed by atoms with E-state index in [9.17, 15) is 14.0 Å². The summed E-state index contributed by atoms with van der Waals surface area (Å²) >= 11 is 3.28. The number of nitrogens with zero attached hydrogens (tertiary/aromatic N) is 1. The molecule has 108 valence electrons. The van der Waals surface area contributed by atoms with Crippen molar-refractivity contribution in [3.05, 3.63) is 28.5 Å². The third kappa shape index (κ3) is 2.92. The fraction of sp³-hybridized carbons (Fsp3) is 0.467. The van der Waals surface area contributed by atoms with Gasteiger partial charge in [0.05, 0.1) is 11.6 Å². The Hall–Kier alpha value is -1.23. The summed E-state index contributed by atoms with van der Waals surface area (Å²) in [5.74, 6) is -1.61. The fourth-order valence-corrected chi connectivity index (χ4v) is 2.82. The number of rotatable bonds is 3. The molecular weight excluding hydrogens is 325 g/mol. The number of hydrogen-bond donors (Lipinski definition) is 0. The molecule has 0 bridgehead atoms. The normalized spacial score (nSPS) is 19.6. The number of amides is 1. The summed E-state index contributed by atoms with van der Waals surface area (Å²) in [6.07, 6.45) is 1.27. The van der Waals surface area contributed by atoms with Gasteiger partial charge in [-0.3, -0.25) is 9.59 Å². The zero-order valence-corrected chi connectivity index (χ0v) is 13.1. The van der Waals surface area contributed by atoms with Gasteiger partial charge >= 0.3 is 0 Å². The van der Waals surface area contributed by atoms with Gasteiger partial charge in [0.2, 0.25) is 5.91 Å². The minimum Gasteiger partial charge on any atom is -0.309 e. The van der Waals surface area contributed by atoms with Crippen LogP contribution in [-0.2, 0) is 9.59 Å². The highest BCUT2D eigenvalue weighted by molar-refractivity contribution is 9.10. The van der Waals surface area contributed by atoms with E-state index in [2.05, 4.69) is 15.9 Å². The van der Waals surface area contributed by atoms with Crippen molar-refractivity contribution >= 4 is 33.3 Å². The second kappa shape index (κ2) is 6.04. The van der Waals surface area contributed by atoms with Crippen LogP contribution in [0.5, 0.6) is 0 Å². The number of carbonyl (C=O) groups excluding carboxylic acids is 2. The molecule has 5 heteroatoms. The molecule has 1 heterocycles. The van der Waals surface area contributed by atoms with Crippen molar-refractivity contribution in [3.8, 4) is 0 Å². The van der Waals surface area contributed by atoms with Gasteiger partial charge in [-0.05, 0) is 31.0 Å². The van der Waals surface area contributed by atoms with Crippen LogP contribution >= 0.6 is 15.9 Å². The number of hydrogen-bond acceptors (Lipinski definition) is 2. The minimum absolute atomic E-state index is 0.0601. The lowest BCUT2D eigenvalue weighted by Crippen LogP contribution is -2.45. The summed E-state index contributed by atoms with van der Waals surface area (Å²) in [5, 5.41) is 0. The summed E-state index contributed by atoms with van der Waals surface area (Å²) in [5.41, 5.74) is 0.241. The van der Waals surface area contributed by atoms with Crippen molar-refractivity contribution in [1.29, 1.82) is 0 Å². The van der Waals surface area contributed by atoms with Gasteiger partial charge in [-0.2, -0.15) is 0 Å². The third-order valence-electron chi connectivity index (χ3n) is 3.55. The molecular formula is C15H17BrFNO2. The second-order valence-corrected chi connectivity index (χ2v) is 6.25. The van der Waals surface area contributed by atoms with E-state index in [4.69, 9.17) is 0 Å². The molecule has 1 atom stereocenters. The van der Waals surface area contributed by atoms with Crippen molar-refractivity contribution in [2.45, 2.75) is 26.7 Å². The Bertz CT molecular complexity index is 545. The predicted molar refractivity (Wildman–Crippen MR) is 79.0 cm³/mol. The molecule has 0 aromatic heterocycles. The van der Waals surface area contributed by atoms with Gasteiger partial charge in [0.1, 0.15) is 11.6 Å². The maximum atomic E-state index is 13.9. The number of benzene rings is 1. The largest absolute Gasteiger partial charge is 0.309 e. The molecule has 0 spiro atoms. The molecule has 1 amide bonds. The van der Waals surface area contributed by atoms with Gasteiger partial charge in [-0.1, -0.05) is 29.8 Å². The van der Waals surface area contributed by atoms with E-state index in [1.165, 1.54) is 11.0 Å². The van der Waals surface area contributed by atoms with Gasteiger partial charge in [0.15, 0.2) is 0 Å². The number of carbonyl (C=O) groups is 2. The molecule has 1 unspecified atom stereocenters. The molecule has 0 radical (unpaired) electrons. The van der Waals surface area contributed by atoms with E-state index in [1.54, 1.807) is 26.0 Å². The Morgan fingerprint density at radius 2 is 2.15 bits per heavy atom. The molecule has 1 aliphatic rings. The molecule has 0 N–H and O–H groups in total. The Morgan fingerprint density at radius 3 is 2.80 bits per heavy atom. The molecule has 1 aromatic rings. The van der Waals surface area contributed by atoms with Crippen LogP contribution in [0.3, 0.4) is 0 Å². The number of Topliss-reactive ketones (excluding diaryl/α,β-unsaturated/α-hetero) is 1. The molecule has 1 aliphatic heterocycles. The first-order valence-corrected chi connectivity index (χ1v) is 7.51. The highest BCUT2D eigenvalue weighted by Gasteiger charge is 2.36. The van der Waals surface area contributed by atoms with Crippen molar-refractivity contribution in [2.24, 2.45) is 11.8 Å². The van der Waals surface area contributed by atoms with E-state index in [-0.39, 0.29) is 23.3 Å². The molecule has 1 fully saturated rings. The molecule has 1 saturated heterocycles. The van der Waals surface area contributed by atoms with E-state index in [0.29, 0.717) is 23.9 Å². The van der Waals surface area contributed by atoms with Gasteiger partial charge < -0.3 is 4.90 Å². The Labute approximate surface area is 126 Å². The van der Waals surface area contributed by atoms with Gasteiger partial charge in [0.25, 0.3) is 0 Å². The number of ketones is 1. The maximum absolute atomic E-state index is 13.9. The van der Waals surface area contributed by atoms with Crippen LogP contribution < -0.4 is 4.90 Å². The van der Waals surface area contributed by atoms with Crippen LogP contribution in [0.15, 0.2) is 22.7 Å². The van der Waals surface area contributed by atoms with Crippen LogP contribution in [0.4, 0.5) is 10.1 Å². The predicted octanol–water partition coefficient (Wildman–Crippen LogP) is 3.56. The van der Waals surface area contributed by atoms with Gasteiger partial charge in [-0.25, -0.2) is 4.39 Å². The van der Waals surface area contributed by atoms with Crippen molar-refractivity contribution in [3.63, 3.8) is 0 Å². The van der Waals surface area contributed by atoms with E-state index in [0.717, 1.165) is 0 Å². The standard InChI is InChI=1S/C15H17BrFNO2/c1-9(2)14(19)11-4-3-7-18(15(11)20)13-8-10(16)5-6-12(13)17/h5-6,8-9,11H,3-4,7H2,1-2H3. The van der Waals surface area contributed by atoms with Crippen LogP contribution in [0, 0.1) is 17.7 Å². The first-order chi connectivity index (χ1) is 9.41. The van der Waals surface area contributed by atoms with Crippen LogP contribution in [0.2, 0.25) is 0 Å². The fourth-order valence-electron chi connectivity index (χ4n) is 2.47. The van der Waals surface area contributed by atoms with Crippen molar-refractivity contribution in [1.82, 2.24) is 0 Å². The van der Waals surface area contributed by atoms with Crippen LogP contribution in [-0.4, -0.2) is 18.2 Å². The highest BCUT2D eigenvalue weighted by atomic mass is 79.9. The lowest BCUT2D eigenvalue weighted by molar-refractivity contribution is -0.135. The quantitative estimate of drug-likeness (QED) is 0.788. The summed E-state index contributed by atoms with van der Waals surface area (Å²) in [6.45, 7) is 4.02. The molecule has 20 heavy (non-hydrogen) atoms. The van der Waals surface area contributed by atoms with Gasteiger partial charge in [0, 0.05) is 16.9 Å². The lowest BCUT2D eigenvalue weighted by Gasteiger charge is -2.32. The van der Waals surface area contributed by atoms with E-state index in [1.807, 2.05) is 0 Å². The Morgan fingerprint density at radius 1 is 1.45 bits per heavy atom. The zero-order valence-electron chi connectivity index (χ0n) is 11.5. The monoisotopic (exact) mass is 341 g/mol. The summed E-state index contributed by atoms with van der Waals surface area (Å²) in [4.78, 5) is 25.9.